The zero-order valence-corrected chi connectivity index (χ0v) is 16.7. The first-order valence-electron chi connectivity index (χ1n) is 9.25. The predicted octanol–water partition coefficient (Wildman–Crippen LogP) is 4.85. The summed E-state index contributed by atoms with van der Waals surface area (Å²) in [5.74, 6) is 0. The lowest BCUT2D eigenvalue weighted by atomic mass is 10.1. The smallest absolute Gasteiger partial charge is 0.0748 e. The normalized spacial score (nSPS) is 14.4. The number of nitrogen functional groups attached to an aromatic ring is 1. The van der Waals surface area contributed by atoms with E-state index >= 15 is 0 Å². The third-order valence-corrected chi connectivity index (χ3v) is 5.63. The number of aryl methyl sites for hydroxylation is 1. The molecule has 4 nitrogen and oxygen atoms in total. The van der Waals surface area contributed by atoms with E-state index in [0.29, 0.717) is 10.7 Å². The van der Waals surface area contributed by atoms with Crippen molar-refractivity contribution in [1.82, 2.24) is 14.8 Å². The third-order valence-electron chi connectivity index (χ3n) is 5.23. The third kappa shape index (κ3) is 3.96. The van der Waals surface area contributed by atoms with Crippen LogP contribution in [-0.4, -0.2) is 41.0 Å². The maximum atomic E-state index is 6.38. The molecule has 0 amide bonds. The summed E-state index contributed by atoms with van der Waals surface area (Å²) in [6.45, 7) is 18.0. The van der Waals surface area contributed by atoms with Gasteiger partial charge in [0.25, 0.3) is 0 Å². The van der Waals surface area contributed by atoms with Gasteiger partial charge in [0.1, 0.15) is 0 Å². The topological polar surface area (TPSA) is 45.4 Å². The summed E-state index contributed by atoms with van der Waals surface area (Å²) in [4.78, 5) is 9.28. The average molecular weight is 383 g/mol. The van der Waals surface area contributed by atoms with Gasteiger partial charge in [0.15, 0.2) is 0 Å². The molecule has 1 fully saturated rings. The Kier molecular flexibility index (Phi) is 5.76. The minimum absolute atomic E-state index is 0.545. The Labute approximate surface area is 166 Å². The fraction of sp³-hybridized carbons (Fsp3) is 0.318. The molecular formula is C22H27ClN4. The lowest BCUT2D eigenvalue weighted by molar-refractivity contribution is 0.210. The molecule has 0 bridgehead atoms. The van der Waals surface area contributed by atoms with Gasteiger partial charge in [-0.3, -0.25) is 4.98 Å². The highest BCUT2D eigenvalue weighted by Crippen LogP contribution is 2.32. The van der Waals surface area contributed by atoms with Crippen molar-refractivity contribution < 1.29 is 0 Å². The van der Waals surface area contributed by atoms with Crippen molar-refractivity contribution in [3.05, 3.63) is 66.0 Å². The fourth-order valence-electron chi connectivity index (χ4n) is 3.44. The van der Waals surface area contributed by atoms with Gasteiger partial charge in [-0.05, 0) is 31.4 Å². The Morgan fingerprint density at radius 1 is 1.22 bits per heavy atom. The van der Waals surface area contributed by atoms with E-state index in [9.17, 15) is 0 Å². The first-order chi connectivity index (χ1) is 12.9. The van der Waals surface area contributed by atoms with Crippen molar-refractivity contribution in [3.63, 3.8) is 0 Å². The molecule has 3 rings (SSSR count). The molecule has 2 aromatic rings. The van der Waals surface area contributed by atoms with Crippen LogP contribution < -0.4 is 5.73 Å². The molecular weight excluding hydrogens is 356 g/mol. The van der Waals surface area contributed by atoms with E-state index in [1.807, 2.05) is 31.2 Å². The molecule has 0 saturated carbocycles. The summed E-state index contributed by atoms with van der Waals surface area (Å²) in [7, 11) is 0. The van der Waals surface area contributed by atoms with E-state index in [4.69, 9.17) is 17.3 Å². The highest BCUT2D eigenvalue weighted by molar-refractivity contribution is 6.38. The molecule has 1 saturated heterocycles. The molecule has 0 radical (unpaired) electrons. The highest BCUT2D eigenvalue weighted by atomic mass is 35.5. The van der Waals surface area contributed by atoms with Gasteiger partial charge in [-0.1, -0.05) is 43.0 Å². The van der Waals surface area contributed by atoms with Gasteiger partial charge in [0.05, 0.1) is 21.9 Å². The quantitative estimate of drug-likeness (QED) is 0.725. The molecule has 2 heterocycles. The second kappa shape index (κ2) is 8.05. The van der Waals surface area contributed by atoms with Crippen LogP contribution in [0.15, 0.2) is 49.7 Å². The summed E-state index contributed by atoms with van der Waals surface area (Å²) in [6, 6.07) is 6.07. The fourth-order valence-corrected chi connectivity index (χ4v) is 3.73. The second-order valence-corrected chi connectivity index (χ2v) is 7.35. The van der Waals surface area contributed by atoms with Crippen molar-refractivity contribution in [2.45, 2.75) is 19.8 Å². The Morgan fingerprint density at radius 3 is 2.56 bits per heavy atom. The van der Waals surface area contributed by atoms with E-state index in [0.717, 1.165) is 66.9 Å². The van der Waals surface area contributed by atoms with Gasteiger partial charge in [-0.15, -0.1) is 6.58 Å². The molecule has 0 spiro atoms. The van der Waals surface area contributed by atoms with Crippen LogP contribution in [0.1, 0.15) is 24.1 Å². The molecule has 1 aliphatic heterocycles. The van der Waals surface area contributed by atoms with E-state index < -0.39 is 0 Å². The van der Waals surface area contributed by atoms with E-state index in [-0.39, 0.29) is 0 Å². The Morgan fingerprint density at radius 2 is 1.89 bits per heavy atom. The number of rotatable bonds is 6. The van der Waals surface area contributed by atoms with Crippen molar-refractivity contribution in [3.8, 4) is 0 Å². The van der Waals surface area contributed by atoms with E-state index in [1.165, 1.54) is 5.70 Å². The number of hydrogen-bond donors (Lipinski definition) is 1. The number of nitrogens with two attached hydrogens (primary N) is 1. The minimum Gasteiger partial charge on any atom is -0.396 e. The van der Waals surface area contributed by atoms with Gasteiger partial charge < -0.3 is 15.5 Å². The van der Waals surface area contributed by atoms with Gasteiger partial charge in [0.2, 0.25) is 0 Å². The summed E-state index contributed by atoms with van der Waals surface area (Å²) in [5.41, 5.74) is 11.4. The van der Waals surface area contributed by atoms with Crippen LogP contribution in [0.3, 0.4) is 0 Å². The molecule has 0 aliphatic carbocycles. The van der Waals surface area contributed by atoms with Gasteiger partial charge in [-0.25, -0.2) is 0 Å². The SMILES string of the molecule is C=CCCC(=C)N1CCN(C(=C)c2ccc3c(Cl)c(N)c(C)nc3c2)CC1. The number of nitrogens with zero attached hydrogens (tertiary/aromatic N) is 3. The van der Waals surface area contributed by atoms with E-state index in [2.05, 4.69) is 34.5 Å². The summed E-state index contributed by atoms with van der Waals surface area (Å²) in [5, 5.41) is 1.45. The van der Waals surface area contributed by atoms with Crippen molar-refractivity contribution in [2.75, 3.05) is 31.9 Å². The van der Waals surface area contributed by atoms with Crippen molar-refractivity contribution >= 4 is 33.9 Å². The number of halogens is 1. The van der Waals surface area contributed by atoms with Crippen LogP contribution in [0.25, 0.3) is 16.6 Å². The molecule has 142 valence electrons. The number of hydrogen-bond acceptors (Lipinski definition) is 4. The number of pyridine rings is 1. The van der Waals surface area contributed by atoms with Gasteiger partial charge >= 0.3 is 0 Å². The lowest BCUT2D eigenvalue weighted by Gasteiger charge is -2.39. The first-order valence-corrected chi connectivity index (χ1v) is 9.63. The lowest BCUT2D eigenvalue weighted by Crippen LogP contribution is -2.44. The number of allylic oxidation sites excluding steroid dienone is 2. The molecule has 1 aliphatic rings. The molecule has 1 aromatic carbocycles. The van der Waals surface area contributed by atoms with Crippen LogP contribution in [0.2, 0.25) is 5.02 Å². The molecule has 0 unspecified atom stereocenters. The second-order valence-electron chi connectivity index (χ2n) is 6.97. The average Bonchev–Trinajstić information content (AvgIpc) is 2.69. The number of piperazine rings is 1. The molecule has 0 atom stereocenters. The van der Waals surface area contributed by atoms with Gasteiger partial charge in [0, 0.05) is 43.0 Å². The zero-order chi connectivity index (χ0) is 19.6. The maximum Gasteiger partial charge on any atom is 0.0748 e. The number of benzene rings is 1. The summed E-state index contributed by atoms with van der Waals surface area (Å²) in [6.07, 6.45) is 3.89. The van der Waals surface area contributed by atoms with E-state index in [1.54, 1.807) is 0 Å². The number of aromatic nitrogens is 1. The predicted molar refractivity (Wildman–Crippen MR) is 117 cm³/mol. The van der Waals surface area contributed by atoms with Crippen LogP contribution in [0, 0.1) is 6.92 Å². The monoisotopic (exact) mass is 382 g/mol. The molecule has 2 N–H and O–H groups in total. The Balaban J connectivity index is 1.72. The van der Waals surface area contributed by atoms with Crippen LogP contribution in [0.4, 0.5) is 5.69 Å². The van der Waals surface area contributed by atoms with Gasteiger partial charge in [-0.2, -0.15) is 0 Å². The maximum absolute atomic E-state index is 6.38. The summed E-state index contributed by atoms with van der Waals surface area (Å²) < 4.78 is 0. The Bertz CT molecular complexity index is 895. The highest BCUT2D eigenvalue weighted by Gasteiger charge is 2.20. The molecule has 1 aromatic heterocycles. The van der Waals surface area contributed by atoms with Crippen molar-refractivity contribution in [2.24, 2.45) is 0 Å². The zero-order valence-electron chi connectivity index (χ0n) is 16.0. The molecule has 27 heavy (non-hydrogen) atoms. The number of fused-ring (bicyclic) bond motifs is 1. The van der Waals surface area contributed by atoms with Crippen molar-refractivity contribution in [1.29, 1.82) is 0 Å². The van der Waals surface area contributed by atoms with Crippen LogP contribution >= 0.6 is 11.6 Å². The standard InChI is InChI=1S/C22H27ClN4/c1-5-6-7-15(2)26-10-12-27(13-11-26)17(4)18-8-9-19-20(14-18)25-16(3)22(24)21(19)23/h5,8-9,14H,1-2,4,6-7,10-13,24H2,3H3. The Hall–Kier alpha value is -2.46. The minimum atomic E-state index is 0.545. The van der Waals surface area contributed by atoms with Crippen LogP contribution in [-0.2, 0) is 0 Å². The number of anilines is 1. The first kappa shape index (κ1) is 19.3. The molecule has 5 heteroatoms. The summed E-state index contributed by atoms with van der Waals surface area (Å²) >= 11 is 6.38. The van der Waals surface area contributed by atoms with Crippen LogP contribution in [0.5, 0.6) is 0 Å². The largest absolute Gasteiger partial charge is 0.396 e.